The number of anilines is 1. The van der Waals surface area contributed by atoms with Gasteiger partial charge in [0.1, 0.15) is 11.5 Å². The lowest BCUT2D eigenvalue weighted by atomic mass is 10.2. The van der Waals surface area contributed by atoms with Crippen LogP contribution >= 0.6 is 0 Å². The first-order valence-corrected chi connectivity index (χ1v) is 7.70. The highest BCUT2D eigenvalue weighted by molar-refractivity contribution is 5.32. The molecule has 1 aliphatic heterocycles. The van der Waals surface area contributed by atoms with Gasteiger partial charge >= 0.3 is 6.18 Å². The Kier molecular flexibility index (Phi) is 4.44. The van der Waals surface area contributed by atoms with Crippen molar-refractivity contribution in [2.45, 2.75) is 25.7 Å². The van der Waals surface area contributed by atoms with Gasteiger partial charge in [-0.2, -0.15) is 13.2 Å². The molecule has 24 heavy (non-hydrogen) atoms. The van der Waals surface area contributed by atoms with Gasteiger partial charge in [0, 0.05) is 51.3 Å². The van der Waals surface area contributed by atoms with Crippen molar-refractivity contribution in [1.82, 2.24) is 24.4 Å². The number of hydrogen-bond donors (Lipinski definition) is 0. The summed E-state index contributed by atoms with van der Waals surface area (Å²) < 4.78 is 40.4. The van der Waals surface area contributed by atoms with E-state index in [9.17, 15) is 13.2 Å². The Morgan fingerprint density at radius 2 is 2.00 bits per heavy atom. The first-order valence-electron chi connectivity index (χ1n) is 7.70. The first kappa shape index (κ1) is 16.7. The largest absolute Gasteiger partial charge is 0.433 e. The molecule has 0 aromatic carbocycles. The van der Waals surface area contributed by atoms with Crippen LogP contribution in [0.3, 0.4) is 0 Å². The smallest absolute Gasteiger partial charge is 0.338 e. The molecule has 9 heteroatoms. The molecule has 3 heterocycles. The third-order valence-electron chi connectivity index (χ3n) is 4.25. The van der Waals surface area contributed by atoms with Crippen molar-refractivity contribution < 1.29 is 13.2 Å². The zero-order valence-corrected chi connectivity index (χ0v) is 13.5. The maximum atomic E-state index is 12.8. The highest BCUT2D eigenvalue weighted by Crippen LogP contribution is 2.28. The lowest BCUT2D eigenvalue weighted by Crippen LogP contribution is -2.52. The molecular weight excluding hydrogens is 321 g/mol. The van der Waals surface area contributed by atoms with Gasteiger partial charge in [0.2, 0.25) is 5.95 Å². The molecule has 6 nitrogen and oxygen atoms in total. The van der Waals surface area contributed by atoms with Gasteiger partial charge in [-0.3, -0.25) is 4.90 Å². The van der Waals surface area contributed by atoms with Crippen LogP contribution in [-0.2, 0) is 19.8 Å². The van der Waals surface area contributed by atoms with Crippen molar-refractivity contribution in [3.63, 3.8) is 0 Å². The Morgan fingerprint density at radius 3 is 2.62 bits per heavy atom. The normalized spacial score (nSPS) is 19.7. The molecule has 2 aromatic heterocycles. The van der Waals surface area contributed by atoms with Crippen molar-refractivity contribution in [3.8, 4) is 0 Å². The topological polar surface area (TPSA) is 50.1 Å². The second-order valence-electron chi connectivity index (χ2n) is 5.96. The van der Waals surface area contributed by atoms with Gasteiger partial charge in [-0.05, 0) is 13.0 Å². The zero-order chi connectivity index (χ0) is 17.3. The number of halogens is 3. The van der Waals surface area contributed by atoms with E-state index in [1.165, 1.54) is 0 Å². The molecule has 130 valence electrons. The maximum absolute atomic E-state index is 12.8. The fraction of sp³-hybridized carbons (Fsp3) is 0.533. The number of imidazole rings is 1. The number of aryl methyl sites for hydroxylation is 1. The fourth-order valence-corrected chi connectivity index (χ4v) is 2.80. The number of alkyl halides is 3. The highest BCUT2D eigenvalue weighted by Gasteiger charge is 2.34. The fourth-order valence-electron chi connectivity index (χ4n) is 2.80. The Labute approximate surface area is 137 Å². The summed E-state index contributed by atoms with van der Waals surface area (Å²) in [5, 5.41) is 0. The number of rotatable bonds is 3. The standard InChI is InChI=1S/C15H19F3N6/c1-11-9-24(14-20-4-3-12(21-14)15(16,17)18)8-7-23(11)10-13-19-5-6-22(13)2/h3-6,11H,7-10H2,1-2H3. The van der Waals surface area contributed by atoms with Crippen LogP contribution < -0.4 is 4.90 Å². The molecule has 1 unspecified atom stereocenters. The van der Waals surface area contributed by atoms with Crippen molar-refractivity contribution in [2.24, 2.45) is 7.05 Å². The highest BCUT2D eigenvalue weighted by atomic mass is 19.4. The predicted octanol–water partition coefficient (Wildman–Crippen LogP) is 1.94. The van der Waals surface area contributed by atoms with Gasteiger partial charge in [-0.25, -0.2) is 15.0 Å². The van der Waals surface area contributed by atoms with E-state index in [1.54, 1.807) is 11.1 Å². The van der Waals surface area contributed by atoms with Crippen LogP contribution in [0.1, 0.15) is 18.4 Å². The monoisotopic (exact) mass is 340 g/mol. The first-order chi connectivity index (χ1) is 11.3. The van der Waals surface area contributed by atoms with E-state index >= 15 is 0 Å². The van der Waals surface area contributed by atoms with Crippen molar-refractivity contribution >= 4 is 5.95 Å². The molecule has 0 bridgehead atoms. The van der Waals surface area contributed by atoms with E-state index in [-0.39, 0.29) is 12.0 Å². The van der Waals surface area contributed by atoms with Gasteiger partial charge in [0.25, 0.3) is 0 Å². The minimum absolute atomic E-state index is 0.133. The summed E-state index contributed by atoms with van der Waals surface area (Å²) in [7, 11) is 1.94. The number of aromatic nitrogens is 4. The van der Waals surface area contributed by atoms with Crippen LogP contribution in [0.15, 0.2) is 24.7 Å². The molecule has 1 atom stereocenters. The number of nitrogens with zero attached hydrogens (tertiary/aromatic N) is 6. The summed E-state index contributed by atoms with van der Waals surface area (Å²) in [4.78, 5) is 16.1. The van der Waals surface area contributed by atoms with E-state index in [2.05, 4.69) is 19.9 Å². The minimum atomic E-state index is -4.46. The van der Waals surface area contributed by atoms with Crippen molar-refractivity contribution in [2.75, 3.05) is 24.5 Å². The molecule has 0 radical (unpaired) electrons. The van der Waals surface area contributed by atoms with Gasteiger partial charge in [-0.15, -0.1) is 0 Å². The Balaban J connectivity index is 1.68. The SMILES string of the molecule is CC1CN(c2nccc(C(F)(F)F)n2)CCN1Cc1nccn1C. The Hall–Kier alpha value is -2.16. The lowest BCUT2D eigenvalue weighted by molar-refractivity contribution is -0.141. The quantitative estimate of drug-likeness (QED) is 0.855. The van der Waals surface area contributed by atoms with Crippen LogP contribution in [0, 0.1) is 0 Å². The molecular formula is C15H19F3N6. The molecule has 1 saturated heterocycles. The van der Waals surface area contributed by atoms with Crippen LogP contribution in [0.4, 0.5) is 19.1 Å². The van der Waals surface area contributed by atoms with E-state index in [1.807, 2.05) is 24.7 Å². The molecule has 0 aliphatic carbocycles. The van der Waals surface area contributed by atoms with Gasteiger partial charge < -0.3 is 9.47 Å². The van der Waals surface area contributed by atoms with Gasteiger partial charge in [0.15, 0.2) is 0 Å². The van der Waals surface area contributed by atoms with Crippen LogP contribution in [0.25, 0.3) is 0 Å². The van der Waals surface area contributed by atoms with E-state index < -0.39 is 11.9 Å². The van der Waals surface area contributed by atoms with Crippen LogP contribution in [0.5, 0.6) is 0 Å². The third-order valence-corrected chi connectivity index (χ3v) is 4.25. The summed E-state index contributed by atoms with van der Waals surface area (Å²) in [6.07, 6.45) is 0.360. The van der Waals surface area contributed by atoms with Crippen LogP contribution in [0.2, 0.25) is 0 Å². The molecule has 0 N–H and O–H groups in total. The summed E-state index contributed by atoms with van der Waals surface area (Å²) in [6.45, 7) is 4.63. The van der Waals surface area contributed by atoms with Gasteiger partial charge in [0.05, 0.1) is 6.54 Å². The number of piperazine rings is 1. The lowest BCUT2D eigenvalue weighted by Gasteiger charge is -2.39. The molecule has 0 spiro atoms. The molecule has 2 aromatic rings. The summed E-state index contributed by atoms with van der Waals surface area (Å²) in [6, 6.07) is 1.05. The summed E-state index contributed by atoms with van der Waals surface area (Å²) in [5.74, 6) is 1.10. The van der Waals surface area contributed by atoms with E-state index in [0.717, 1.165) is 18.1 Å². The average Bonchev–Trinajstić information content (AvgIpc) is 2.94. The minimum Gasteiger partial charge on any atom is -0.338 e. The average molecular weight is 340 g/mol. The second-order valence-corrected chi connectivity index (χ2v) is 5.96. The van der Waals surface area contributed by atoms with Crippen LogP contribution in [-0.4, -0.2) is 50.1 Å². The van der Waals surface area contributed by atoms with Crippen molar-refractivity contribution in [3.05, 3.63) is 36.2 Å². The van der Waals surface area contributed by atoms with Crippen molar-refractivity contribution in [1.29, 1.82) is 0 Å². The van der Waals surface area contributed by atoms with E-state index in [0.29, 0.717) is 26.2 Å². The Morgan fingerprint density at radius 1 is 1.21 bits per heavy atom. The maximum Gasteiger partial charge on any atom is 0.433 e. The predicted molar refractivity (Wildman–Crippen MR) is 82.3 cm³/mol. The van der Waals surface area contributed by atoms with Gasteiger partial charge in [-0.1, -0.05) is 0 Å². The second kappa shape index (κ2) is 6.39. The summed E-state index contributed by atoms with van der Waals surface area (Å²) >= 11 is 0. The molecule has 1 aliphatic rings. The Bertz CT molecular complexity index is 699. The zero-order valence-electron chi connectivity index (χ0n) is 13.5. The molecule has 0 saturated carbocycles. The molecule has 0 amide bonds. The number of hydrogen-bond acceptors (Lipinski definition) is 5. The van der Waals surface area contributed by atoms with E-state index in [4.69, 9.17) is 0 Å². The molecule has 1 fully saturated rings. The third kappa shape index (κ3) is 3.50. The molecule has 3 rings (SSSR count). The summed E-state index contributed by atoms with van der Waals surface area (Å²) in [5.41, 5.74) is -0.907.